The Morgan fingerprint density at radius 3 is 2.88 bits per heavy atom. The molecule has 1 aromatic heterocycles. The van der Waals surface area contributed by atoms with Gasteiger partial charge < -0.3 is 10.1 Å². The fourth-order valence-corrected chi connectivity index (χ4v) is 2.31. The number of nitrogens with one attached hydrogen (secondary N) is 1. The fourth-order valence-electron chi connectivity index (χ4n) is 1.98. The Morgan fingerprint density at radius 2 is 2.17 bits per heavy atom. The zero-order valence-corrected chi connectivity index (χ0v) is 14.2. The Balaban J connectivity index is 1.86. The fraction of sp³-hybridized carbons (Fsp3) is 0.333. The zero-order chi connectivity index (χ0) is 17.7. The van der Waals surface area contributed by atoms with Crippen molar-refractivity contribution < 1.29 is 18.3 Å². The van der Waals surface area contributed by atoms with E-state index in [-0.39, 0.29) is 23.8 Å². The number of imidazole rings is 1. The molecule has 130 valence electrons. The van der Waals surface area contributed by atoms with Crippen molar-refractivity contribution in [2.45, 2.75) is 26.0 Å². The molecule has 0 radical (unpaired) electrons. The van der Waals surface area contributed by atoms with Gasteiger partial charge in [0.2, 0.25) is 0 Å². The van der Waals surface area contributed by atoms with Crippen LogP contribution < -0.4 is 10.1 Å². The third kappa shape index (κ3) is 4.58. The van der Waals surface area contributed by atoms with Crippen molar-refractivity contribution in [1.29, 1.82) is 0 Å². The second-order valence-corrected chi connectivity index (χ2v) is 5.67. The summed E-state index contributed by atoms with van der Waals surface area (Å²) >= 11 is 11.9. The van der Waals surface area contributed by atoms with Gasteiger partial charge in [0.1, 0.15) is 16.6 Å². The molecule has 5 nitrogen and oxygen atoms in total. The molecule has 1 heterocycles. The van der Waals surface area contributed by atoms with E-state index in [9.17, 15) is 13.6 Å². The number of rotatable bonds is 7. The summed E-state index contributed by atoms with van der Waals surface area (Å²) in [6.45, 7) is -0.961. The van der Waals surface area contributed by atoms with E-state index < -0.39 is 18.6 Å². The van der Waals surface area contributed by atoms with Crippen LogP contribution in [0, 0.1) is 0 Å². The minimum Gasteiger partial charge on any atom is -0.479 e. The van der Waals surface area contributed by atoms with Gasteiger partial charge >= 0.3 is 6.55 Å². The molecule has 1 amide bonds. The van der Waals surface area contributed by atoms with E-state index in [4.69, 9.17) is 27.9 Å². The van der Waals surface area contributed by atoms with E-state index in [1.54, 1.807) is 25.1 Å². The molecular weight excluding hydrogens is 363 g/mol. The van der Waals surface area contributed by atoms with Crippen molar-refractivity contribution in [3.05, 3.63) is 46.5 Å². The summed E-state index contributed by atoms with van der Waals surface area (Å²) in [7, 11) is 0. The Hall–Kier alpha value is -1.86. The van der Waals surface area contributed by atoms with Crippen molar-refractivity contribution in [1.82, 2.24) is 14.9 Å². The number of benzene rings is 1. The van der Waals surface area contributed by atoms with Crippen LogP contribution in [0.25, 0.3) is 0 Å². The Kier molecular flexibility index (Phi) is 6.39. The molecular formula is C15H15Cl2F2N3O2. The van der Waals surface area contributed by atoms with Gasteiger partial charge in [-0.15, -0.1) is 0 Å². The highest BCUT2D eigenvalue weighted by atomic mass is 35.5. The molecule has 0 saturated carbocycles. The molecule has 0 aliphatic rings. The molecule has 0 aliphatic carbocycles. The quantitative estimate of drug-likeness (QED) is 0.799. The average Bonchev–Trinajstić information content (AvgIpc) is 3.00. The third-order valence-corrected chi connectivity index (χ3v) is 4.00. The number of hydrogen-bond donors (Lipinski definition) is 1. The SMILES string of the molecule is CC(Oc1cccc(Cl)c1Cl)C(=O)NCCc1nccn1C(F)F. The van der Waals surface area contributed by atoms with Crippen LogP contribution in [0.1, 0.15) is 19.3 Å². The van der Waals surface area contributed by atoms with Crippen LogP contribution in [0.15, 0.2) is 30.6 Å². The van der Waals surface area contributed by atoms with Crippen LogP contribution in [0.2, 0.25) is 10.0 Å². The van der Waals surface area contributed by atoms with Crippen molar-refractivity contribution in [2.24, 2.45) is 0 Å². The van der Waals surface area contributed by atoms with E-state index in [2.05, 4.69) is 10.3 Å². The van der Waals surface area contributed by atoms with Crippen LogP contribution >= 0.6 is 23.2 Å². The van der Waals surface area contributed by atoms with E-state index in [1.165, 1.54) is 12.4 Å². The van der Waals surface area contributed by atoms with Crippen molar-refractivity contribution in [3.8, 4) is 5.75 Å². The number of alkyl halides is 2. The van der Waals surface area contributed by atoms with Gasteiger partial charge in [0.25, 0.3) is 5.91 Å². The molecule has 2 rings (SSSR count). The summed E-state index contributed by atoms with van der Waals surface area (Å²) in [6.07, 6.45) is 1.83. The number of ether oxygens (including phenoxy) is 1. The molecule has 9 heteroatoms. The Bertz CT molecular complexity index is 710. The maximum atomic E-state index is 12.7. The van der Waals surface area contributed by atoms with Gasteiger partial charge in [0.05, 0.1) is 5.02 Å². The largest absolute Gasteiger partial charge is 0.479 e. The van der Waals surface area contributed by atoms with Crippen LogP contribution in [-0.2, 0) is 11.2 Å². The standard InChI is InChI=1S/C15H15Cl2F2N3O2/c1-9(24-11-4-2-3-10(16)13(11)17)14(23)21-6-5-12-20-7-8-22(12)15(18)19/h2-4,7-9,15H,5-6H2,1H3,(H,21,23). The van der Waals surface area contributed by atoms with Gasteiger partial charge in [-0.1, -0.05) is 29.3 Å². The van der Waals surface area contributed by atoms with E-state index in [1.807, 2.05) is 0 Å². The van der Waals surface area contributed by atoms with Crippen molar-refractivity contribution in [2.75, 3.05) is 6.54 Å². The lowest BCUT2D eigenvalue weighted by atomic mass is 10.3. The molecule has 1 unspecified atom stereocenters. The normalized spacial score (nSPS) is 12.2. The molecule has 2 aromatic rings. The van der Waals surface area contributed by atoms with Crippen molar-refractivity contribution in [3.63, 3.8) is 0 Å². The minimum atomic E-state index is -2.66. The first-order valence-electron chi connectivity index (χ1n) is 7.08. The minimum absolute atomic E-state index is 0.152. The number of hydrogen-bond acceptors (Lipinski definition) is 3. The summed E-state index contributed by atoms with van der Waals surface area (Å²) in [5, 5.41) is 3.14. The third-order valence-electron chi connectivity index (χ3n) is 3.20. The van der Waals surface area contributed by atoms with E-state index in [0.29, 0.717) is 10.8 Å². The van der Waals surface area contributed by atoms with Crippen LogP contribution in [0.5, 0.6) is 5.75 Å². The highest BCUT2D eigenvalue weighted by Gasteiger charge is 2.17. The Labute approximate surface area is 147 Å². The Morgan fingerprint density at radius 1 is 1.42 bits per heavy atom. The molecule has 24 heavy (non-hydrogen) atoms. The maximum Gasteiger partial charge on any atom is 0.319 e. The molecule has 0 saturated heterocycles. The van der Waals surface area contributed by atoms with Crippen LogP contribution in [0.3, 0.4) is 0 Å². The summed E-state index contributed by atoms with van der Waals surface area (Å²) < 4.78 is 31.6. The first-order valence-corrected chi connectivity index (χ1v) is 7.84. The molecule has 0 aliphatic heterocycles. The summed E-state index contributed by atoms with van der Waals surface area (Å²) in [6, 6.07) is 4.85. The topological polar surface area (TPSA) is 56.1 Å². The average molecular weight is 378 g/mol. The predicted molar refractivity (Wildman–Crippen MR) is 86.7 cm³/mol. The van der Waals surface area contributed by atoms with Gasteiger partial charge in [-0.2, -0.15) is 8.78 Å². The molecule has 1 N–H and O–H groups in total. The number of halogens is 4. The van der Waals surface area contributed by atoms with Gasteiger partial charge in [-0.05, 0) is 19.1 Å². The summed E-state index contributed by atoms with van der Waals surface area (Å²) in [5.74, 6) is 0.0815. The molecule has 1 atom stereocenters. The first-order chi connectivity index (χ1) is 11.4. The highest BCUT2D eigenvalue weighted by Crippen LogP contribution is 2.32. The predicted octanol–water partition coefficient (Wildman–Crippen LogP) is 3.71. The second kappa shape index (κ2) is 8.30. The number of carbonyl (C=O) groups excluding carboxylic acids is 1. The number of carbonyl (C=O) groups is 1. The van der Waals surface area contributed by atoms with E-state index in [0.717, 1.165) is 4.57 Å². The van der Waals surface area contributed by atoms with Gasteiger partial charge in [0.15, 0.2) is 6.10 Å². The lowest BCUT2D eigenvalue weighted by Gasteiger charge is -2.16. The smallest absolute Gasteiger partial charge is 0.319 e. The molecule has 1 aromatic carbocycles. The first kappa shape index (κ1) is 18.5. The number of aromatic nitrogens is 2. The summed E-state index contributed by atoms with van der Waals surface area (Å²) in [5.41, 5.74) is 0. The lowest BCUT2D eigenvalue weighted by molar-refractivity contribution is -0.127. The van der Waals surface area contributed by atoms with Crippen LogP contribution in [-0.4, -0.2) is 28.1 Å². The lowest BCUT2D eigenvalue weighted by Crippen LogP contribution is -2.37. The highest BCUT2D eigenvalue weighted by molar-refractivity contribution is 6.42. The molecule has 0 bridgehead atoms. The number of nitrogens with zero attached hydrogens (tertiary/aromatic N) is 2. The van der Waals surface area contributed by atoms with E-state index >= 15 is 0 Å². The number of amides is 1. The second-order valence-electron chi connectivity index (χ2n) is 4.88. The summed E-state index contributed by atoms with van der Waals surface area (Å²) in [4.78, 5) is 15.8. The monoisotopic (exact) mass is 377 g/mol. The zero-order valence-electron chi connectivity index (χ0n) is 12.7. The molecule has 0 fully saturated rings. The van der Waals surface area contributed by atoms with Gasteiger partial charge in [0, 0.05) is 25.4 Å². The molecule has 0 spiro atoms. The van der Waals surface area contributed by atoms with Gasteiger partial charge in [-0.3, -0.25) is 9.36 Å². The van der Waals surface area contributed by atoms with Crippen LogP contribution in [0.4, 0.5) is 8.78 Å². The van der Waals surface area contributed by atoms with Crippen molar-refractivity contribution >= 4 is 29.1 Å². The van der Waals surface area contributed by atoms with Gasteiger partial charge in [-0.25, -0.2) is 4.98 Å². The maximum absolute atomic E-state index is 12.7.